The maximum Gasteiger partial charge on any atom is 0.191 e. The van der Waals surface area contributed by atoms with Crippen LogP contribution in [-0.2, 0) is 14.2 Å². The third-order valence-electron chi connectivity index (χ3n) is 6.14. The molecular weight excluding hydrogens is 471 g/mol. The van der Waals surface area contributed by atoms with Gasteiger partial charge in [0.2, 0.25) is 0 Å². The first-order chi connectivity index (χ1) is 13.3. The largest absolute Gasteiger partial charge is 0.379 e. The Balaban J connectivity index is 0.00000280. The Kier molecular flexibility index (Phi) is 11.4. The monoisotopic (exact) mass is 510 g/mol. The van der Waals surface area contributed by atoms with Gasteiger partial charge in [0.05, 0.1) is 32.5 Å². The van der Waals surface area contributed by atoms with Gasteiger partial charge in [0.15, 0.2) is 5.96 Å². The molecule has 1 aliphatic carbocycles. The van der Waals surface area contributed by atoms with Crippen LogP contribution < -0.4 is 10.6 Å². The number of morpholine rings is 1. The summed E-state index contributed by atoms with van der Waals surface area (Å²) in [5.41, 5.74) is 0.246. The summed E-state index contributed by atoms with van der Waals surface area (Å²) in [4.78, 5) is 7.05. The molecule has 1 atom stereocenters. The molecule has 8 heteroatoms. The molecule has 0 aromatic carbocycles. The van der Waals surface area contributed by atoms with Gasteiger partial charge in [-0.2, -0.15) is 0 Å². The molecule has 0 bridgehead atoms. The van der Waals surface area contributed by atoms with Crippen molar-refractivity contribution in [1.82, 2.24) is 15.5 Å². The molecule has 3 rings (SSSR count). The molecule has 28 heavy (non-hydrogen) atoms. The van der Waals surface area contributed by atoms with Crippen molar-refractivity contribution in [3.63, 3.8) is 0 Å². The minimum absolute atomic E-state index is 0. The topological polar surface area (TPSA) is 67.4 Å². The third-order valence-corrected chi connectivity index (χ3v) is 6.14. The summed E-state index contributed by atoms with van der Waals surface area (Å²) >= 11 is 0. The van der Waals surface area contributed by atoms with Crippen LogP contribution in [0.25, 0.3) is 0 Å². The Bertz CT molecular complexity index is 449. The van der Waals surface area contributed by atoms with Crippen molar-refractivity contribution in [3.8, 4) is 0 Å². The van der Waals surface area contributed by atoms with E-state index in [1.807, 2.05) is 7.05 Å². The Morgan fingerprint density at radius 1 is 1.11 bits per heavy atom. The van der Waals surface area contributed by atoms with Crippen LogP contribution in [0.2, 0.25) is 0 Å². The van der Waals surface area contributed by atoms with Gasteiger partial charge < -0.3 is 24.8 Å². The summed E-state index contributed by atoms with van der Waals surface area (Å²) in [5, 5.41) is 6.97. The van der Waals surface area contributed by atoms with Crippen LogP contribution in [0.3, 0.4) is 0 Å². The van der Waals surface area contributed by atoms with E-state index in [1.165, 1.54) is 32.1 Å². The van der Waals surface area contributed by atoms with E-state index in [1.54, 1.807) is 0 Å². The second-order valence-electron chi connectivity index (χ2n) is 7.95. The number of guanidine groups is 1. The van der Waals surface area contributed by atoms with E-state index in [9.17, 15) is 0 Å². The van der Waals surface area contributed by atoms with E-state index in [0.29, 0.717) is 19.3 Å². The molecule has 7 nitrogen and oxygen atoms in total. The number of ether oxygens (including phenoxy) is 3. The molecule has 2 aliphatic heterocycles. The van der Waals surface area contributed by atoms with Gasteiger partial charge in [0.1, 0.15) is 0 Å². The average Bonchev–Trinajstić information content (AvgIpc) is 3.25. The molecule has 0 radical (unpaired) electrons. The lowest BCUT2D eigenvalue weighted by atomic mass is 9.80. The van der Waals surface area contributed by atoms with Crippen LogP contribution in [-0.4, -0.2) is 88.8 Å². The second-order valence-corrected chi connectivity index (χ2v) is 7.95. The number of hydrogen-bond donors (Lipinski definition) is 2. The van der Waals surface area contributed by atoms with Crippen molar-refractivity contribution in [3.05, 3.63) is 0 Å². The van der Waals surface area contributed by atoms with Crippen molar-refractivity contribution in [2.24, 2.45) is 4.99 Å². The highest BCUT2D eigenvalue weighted by Crippen LogP contribution is 2.33. The number of rotatable bonds is 8. The van der Waals surface area contributed by atoms with Crippen molar-refractivity contribution in [2.75, 3.05) is 66.3 Å². The Labute approximate surface area is 187 Å². The summed E-state index contributed by atoms with van der Waals surface area (Å²) in [5.74, 6) is 0.869. The average molecular weight is 510 g/mol. The van der Waals surface area contributed by atoms with Crippen LogP contribution in [0, 0.1) is 0 Å². The number of nitrogens with zero attached hydrogens (tertiary/aromatic N) is 2. The normalized spacial score (nSPS) is 25.9. The van der Waals surface area contributed by atoms with E-state index in [-0.39, 0.29) is 29.5 Å². The summed E-state index contributed by atoms with van der Waals surface area (Å²) in [6, 6.07) is 0. The molecule has 0 aromatic heterocycles. The Morgan fingerprint density at radius 3 is 2.57 bits per heavy atom. The summed E-state index contributed by atoms with van der Waals surface area (Å²) in [7, 11) is 1.84. The van der Waals surface area contributed by atoms with E-state index in [2.05, 4.69) is 20.5 Å². The third kappa shape index (κ3) is 7.27. The predicted molar refractivity (Wildman–Crippen MR) is 123 cm³/mol. The van der Waals surface area contributed by atoms with Crippen LogP contribution >= 0.6 is 24.0 Å². The smallest absolute Gasteiger partial charge is 0.191 e. The second kappa shape index (κ2) is 13.2. The van der Waals surface area contributed by atoms with Crippen LogP contribution in [0.1, 0.15) is 44.9 Å². The summed E-state index contributed by atoms with van der Waals surface area (Å²) in [6.45, 7) is 7.78. The van der Waals surface area contributed by atoms with E-state index >= 15 is 0 Å². The maximum atomic E-state index is 5.73. The molecule has 0 amide bonds. The van der Waals surface area contributed by atoms with Gasteiger partial charge in [-0.25, -0.2) is 0 Å². The SMILES string of the molecule is CN=C(NCCOCC1CCCO1)NCC1(N2CCOCC2)CCCCC1.I. The number of hydrogen-bond acceptors (Lipinski definition) is 5. The number of aliphatic imine (C=N–C) groups is 1. The lowest BCUT2D eigenvalue weighted by molar-refractivity contribution is -0.0352. The maximum absolute atomic E-state index is 5.73. The summed E-state index contributed by atoms with van der Waals surface area (Å²) < 4.78 is 16.9. The zero-order valence-corrected chi connectivity index (χ0v) is 19.7. The first kappa shape index (κ1) is 24.1. The van der Waals surface area contributed by atoms with Gasteiger partial charge in [-0.05, 0) is 25.7 Å². The quantitative estimate of drug-likeness (QED) is 0.226. The molecule has 3 fully saturated rings. The molecule has 3 aliphatic rings. The molecule has 2 saturated heterocycles. The fourth-order valence-corrected chi connectivity index (χ4v) is 4.55. The van der Waals surface area contributed by atoms with Crippen molar-refractivity contribution < 1.29 is 14.2 Å². The van der Waals surface area contributed by atoms with E-state index < -0.39 is 0 Å². The molecular formula is C20H39IN4O3. The lowest BCUT2D eigenvalue weighted by Gasteiger charge is -2.48. The molecule has 0 aromatic rings. The zero-order chi connectivity index (χ0) is 18.8. The Morgan fingerprint density at radius 2 is 1.89 bits per heavy atom. The van der Waals surface area contributed by atoms with Crippen LogP contribution in [0.4, 0.5) is 0 Å². The Hall–Kier alpha value is -0.160. The van der Waals surface area contributed by atoms with Gasteiger partial charge in [-0.3, -0.25) is 9.89 Å². The fourth-order valence-electron chi connectivity index (χ4n) is 4.55. The minimum Gasteiger partial charge on any atom is -0.379 e. The summed E-state index contributed by atoms with van der Waals surface area (Å²) in [6.07, 6.45) is 9.12. The zero-order valence-electron chi connectivity index (χ0n) is 17.4. The predicted octanol–water partition coefficient (Wildman–Crippen LogP) is 2.00. The van der Waals surface area contributed by atoms with Gasteiger partial charge in [-0.15, -0.1) is 24.0 Å². The number of halogens is 1. The first-order valence-corrected chi connectivity index (χ1v) is 10.8. The molecule has 164 valence electrons. The van der Waals surface area contributed by atoms with Gasteiger partial charge in [0.25, 0.3) is 0 Å². The highest BCUT2D eigenvalue weighted by Gasteiger charge is 2.38. The van der Waals surface area contributed by atoms with Crippen LogP contribution in [0.5, 0.6) is 0 Å². The molecule has 0 spiro atoms. The van der Waals surface area contributed by atoms with E-state index in [0.717, 1.165) is 64.8 Å². The van der Waals surface area contributed by atoms with Crippen LogP contribution in [0.15, 0.2) is 4.99 Å². The first-order valence-electron chi connectivity index (χ1n) is 10.8. The number of nitrogens with one attached hydrogen (secondary N) is 2. The van der Waals surface area contributed by atoms with E-state index in [4.69, 9.17) is 14.2 Å². The van der Waals surface area contributed by atoms with Crippen molar-refractivity contribution >= 4 is 29.9 Å². The molecule has 1 unspecified atom stereocenters. The minimum atomic E-state index is 0. The van der Waals surface area contributed by atoms with Gasteiger partial charge >= 0.3 is 0 Å². The van der Waals surface area contributed by atoms with Gasteiger partial charge in [0, 0.05) is 45.4 Å². The standard InChI is InChI=1S/C20H38N4O3.HI/c1-21-19(22-9-13-26-16-18-6-5-12-27-18)23-17-20(7-3-2-4-8-20)24-10-14-25-15-11-24;/h18H,2-17H2,1H3,(H2,21,22,23);1H. The lowest BCUT2D eigenvalue weighted by Crippen LogP contribution is -2.60. The molecule has 1 saturated carbocycles. The molecule has 2 heterocycles. The van der Waals surface area contributed by atoms with Gasteiger partial charge in [-0.1, -0.05) is 19.3 Å². The molecule has 2 N–H and O–H groups in total. The highest BCUT2D eigenvalue weighted by atomic mass is 127. The van der Waals surface area contributed by atoms with Crippen molar-refractivity contribution in [1.29, 1.82) is 0 Å². The van der Waals surface area contributed by atoms with Crippen molar-refractivity contribution in [2.45, 2.75) is 56.6 Å². The highest BCUT2D eigenvalue weighted by molar-refractivity contribution is 14.0. The fraction of sp³-hybridized carbons (Fsp3) is 0.950.